The third-order valence-electron chi connectivity index (χ3n) is 5.92. The molecule has 0 amide bonds. The Morgan fingerprint density at radius 1 is 0.636 bits per heavy atom. The third-order valence-corrected chi connectivity index (χ3v) is 7.48. The topological polar surface area (TPSA) is 57.1 Å². The summed E-state index contributed by atoms with van der Waals surface area (Å²) < 4.78 is 12.1. The molecule has 0 saturated carbocycles. The molecule has 1 aliphatic rings. The Morgan fingerprint density at radius 2 is 1.12 bits per heavy atom. The number of alkyl halides is 1. The molecule has 1 saturated heterocycles. The predicted molar refractivity (Wildman–Crippen MR) is 140 cm³/mol. The average molecular weight is 547 g/mol. The van der Waals surface area contributed by atoms with Crippen LogP contribution in [0.1, 0.15) is 20.8 Å². The second kappa shape index (κ2) is 8.63. The molecule has 5 nitrogen and oxygen atoms in total. The highest BCUT2D eigenvalue weighted by Gasteiger charge is 2.53. The van der Waals surface area contributed by atoms with Crippen LogP contribution in [0, 0.1) is 0 Å². The van der Waals surface area contributed by atoms with Gasteiger partial charge in [-0.2, -0.15) is 0 Å². The van der Waals surface area contributed by atoms with E-state index in [2.05, 4.69) is 22.6 Å². The summed E-state index contributed by atoms with van der Waals surface area (Å²) in [5, 5.41) is 0. The van der Waals surface area contributed by atoms with Crippen LogP contribution >= 0.6 is 22.6 Å². The van der Waals surface area contributed by atoms with Gasteiger partial charge in [0.05, 0.1) is 5.60 Å². The summed E-state index contributed by atoms with van der Waals surface area (Å²) in [5.74, 6) is 1.89. The van der Waals surface area contributed by atoms with Gasteiger partial charge in [-0.05, 0) is 48.8 Å². The van der Waals surface area contributed by atoms with Crippen LogP contribution in [0.5, 0.6) is 0 Å². The zero-order valence-corrected chi connectivity index (χ0v) is 20.9. The van der Waals surface area contributed by atoms with Crippen molar-refractivity contribution in [3.8, 4) is 34.2 Å². The van der Waals surface area contributed by atoms with Crippen LogP contribution in [0.3, 0.4) is 0 Å². The van der Waals surface area contributed by atoms with Gasteiger partial charge in [0.1, 0.15) is 3.61 Å². The zero-order chi connectivity index (χ0) is 23.1. The van der Waals surface area contributed by atoms with Gasteiger partial charge in [-0.15, -0.1) is 0 Å². The molecule has 1 aromatic heterocycles. The lowest BCUT2D eigenvalue weighted by Crippen LogP contribution is -2.38. The fourth-order valence-electron chi connectivity index (χ4n) is 3.64. The maximum Gasteiger partial charge on any atom is 0.495 e. The minimum absolute atomic E-state index is 0.414. The second-order valence-electron chi connectivity index (χ2n) is 8.66. The molecule has 1 aliphatic heterocycles. The van der Waals surface area contributed by atoms with E-state index in [0.717, 1.165) is 22.2 Å². The summed E-state index contributed by atoms with van der Waals surface area (Å²) in [7, 11) is -0.453. The van der Waals surface area contributed by atoms with E-state index in [1.807, 2.05) is 106 Å². The molecule has 0 radical (unpaired) electrons. The largest absolute Gasteiger partial charge is 0.495 e. The molecule has 1 atom stereocenters. The van der Waals surface area contributed by atoms with E-state index < -0.39 is 16.3 Å². The fraction of sp³-hybridized carbons (Fsp3) is 0.192. The molecular weight excluding hydrogens is 524 g/mol. The van der Waals surface area contributed by atoms with Crippen molar-refractivity contribution >= 4 is 35.2 Å². The summed E-state index contributed by atoms with van der Waals surface area (Å²) in [6, 6.07) is 28.0. The highest BCUT2D eigenvalue weighted by Crippen LogP contribution is 2.42. The number of rotatable bonds is 4. The molecule has 0 spiro atoms. The van der Waals surface area contributed by atoms with Crippen molar-refractivity contribution in [2.45, 2.75) is 30.0 Å². The Labute approximate surface area is 207 Å². The maximum atomic E-state index is 6.24. The minimum atomic E-state index is -0.453. The zero-order valence-electron chi connectivity index (χ0n) is 18.7. The van der Waals surface area contributed by atoms with Crippen molar-refractivity contribution in [1.82, 2.24) is 15.0 Å². The van der Waals surface area contributed by atoms with Gasteiger partial charge in [0, 0.05) is 16.7 Å². The highest BCUT2D eigenvalue weighted by atomic mass is 127. The van der Waals surface area contributed by atoms with E-state index in [4.69, 9.17) is 24.3 Å². The summed E-state index contributed by atoms with van der Waals surface area (Å²) in [4.78, 5) is 14.4. The van der Waals surface area contributed by atoms with Crippen LogP contribution in [0.15, 0.2) is 84.9 Å². The number of halogens is 1. The second-order valence-corrected chi connectivity index (χ2v) is 10.7. The third kappa shape index (κ3) is 4.45. The van der Waals surface area contributed by atoms with Crippen LogP contribution in [0.25, 0.3) is 34.2 Å². The Kier molecular flexibility index (Phi) is 5.80. The van der Waals surface area contributed by atoms with Gasteiger partial charge in [0.25, 0.3) is 0 Å². The molecule has 1 fully saturated rings. The molecule has 7 heteroatoms. The van der Waals surface area contributed by atoms with Crippen molar-refractivity contribution < 1.29 is 9.31 Å². The highest BCUT2D eigenvalue weighted by molar-refractivity contribution is 14.1. The van der Waals surface area contributed by atoms with Crippen LogP contribution in [0.4, 0.5) is 0 Å². The number of nitrogens with zero attached hydrogens (tertiary/aromatic N) is 3. The first-order valence-electron chi connectivity index (χ1n) is 10.8. The van der Waals surface area contributed by atoms with Gasteiger partial charge in [-0.1, -0.05) is 84.9 Å². The van der Waals surface area contributed by atoms with E-state index in [0.29, 0.717) is 17.5 Å². The maximum absolute atomic E-state index is 6.24. The van der Waals surface area contributed by atoms with Crippen LogP contribution in [-0.4, -0.2) is 31.3 Å². The Hall–Kier alpha value is -2.62. The monoisotopic (exact) mass is 547 g/mol. The molecule has 0 N–H and O–H groups in total. The SMILES string of the molecule is CC1(C)OB(c2cccc(-c3nc(-c4ccccc4)nc(-c4ccccc4)n3)c2)OC1(C)I. The van der Waals surface area contributed by atoms with Crippen molar-refractivity contribution in [3.63, 3.8) is 0 Å². The van der Waals surface area contributed by atoms with Gasteiger partial charge in [0.2, 0.25) is 0 Å². The number of aromatic nitrogens is 3. The summed E-state index contributed by atoms with van der Waals surface area (Å²) in [5.41, 5.74) is 3.29. The van der Waals surface area contributed by atoms with E-state index in [-0.39, 0.29) is 0 Å². The first-order chi connectivity index (χ1) is 15.8. The number of hydrogen-bond acceptors (Lipinski definition) is 5. The van der Waals surface area contributed by atoms with Gasteiger partial charge >= 0.3 is 7.12 Å². The quantitative estimate of drug-likeness (QED) is 0.191. The van der Waals surface area contributed by atoms with E-state index >= 15 is 0 Å². The molecule has 164 valence electrons. The van der Waals surface area contributed by atoms with Gasteiger partial charge in [-0.25, -0.2) is 15.0 Å². The standard InChI is InChI=1S/C26H23BIN3O2/c1-25(2)26(3,28)33-27(32-25)21-16-10-15-20(17-21)24-30-22(18-11-6-4-7-12-18)29-23(31-24)19-13-8-5-9-14-19/h4-17H,1-3H3. The van der Waals surface area contributed by atoms with E-state index in [1.54, 1.807) is 0 Å². The minimum Gasteiger partial charge on any atom is -0.398 e. The van der Waals surface area contributed by atoms with E-state index in [1.165, 1.54) is 0 Å². The number of benzene rings is 3. The summed E-state index contributed by atoms with van der Waals surface area (Å²) in [6.45, 7) is 6.14. The normalized spacial score (nSPS) is 19.6. The fourth-order valence-corrected chi connectivity index (χ4v) is 4.00. The molecule has 4 aromatic rings. The Morgan fingerprint density at radius 3 is 1.61 bits per heavy atom. The van der Waals surface area contributed by atoms with E-state index in [9.17, 15) is 0 Å². The summed E-state index contributed by atoms with van der Waals surface area (Å²) >= 11 is 2.31. The average Bonchev–Trinajstić information content (AvgIpc) is 3.07. The van der Waals surface area contributed by atoms with Crippen molar-refractivity contribution in [2.24, 2.45) is 0 Å². The van der Waals surface area contributed by atoms with Gasteiger partial charge in [0.15, 0.2) is 17.5 Å². The first-order valence-corrected chi connectivity index (χ1v) is 11.9. The van der Waals surface area contributed by atoms with Crippen LogP contribution in [-0.2, 0) is 9.31 Å². The molecule has 0 aliphatic carbocycles. The summed E-state index contributed by atoms with van der Waals surface area (Å²) in [6.07, 6.45) is 0. The smallest absolute Gasteiger partial charge is 0.398 e. The van der Waals surface area contributed by atoms with Crippen molar-refractivity contribution in [1.29, 1.82) is 0 Å². The van der Waals surface area contributed by atoms with Crippen LogP contribution in [0.2, 0.25) is 0 Å². The lowest BCUT2D eigenvalue weighted by atomic mass is 9.78. The van der Waals surface area contributed by atoms with Gasteiger partial charge in [-0.3, -0.25) is 0 Å². The lowest BCUT2D eigenvalue weighted by molar-refractivity contribution is 0.0726. The first kappa shape index (κ1) is 22.2. The Bertz CT molecular complexity index is 1210. The Balaban J connectivity index is 1.59. The number of hydrogen-bond donors (Lipinski definition) is 0. The van der Waals surface area contributed by atoms with Crippen LogP contribution < -0.4 is 5.46 Å². The molecule has 5 rings (SSSR count). The molecule has 3 aromatic carbocycles. The molecule has 2 heterocycles. The molecule has 1 unspecified atom stereocenters. The van der Waals surface area contributed by atoms with Crippen molar-refractivity contribution in [3.05, 3.63) is 84.9 Å². The lowest BCUT2D eigenvalue weighted by Gasteiger charge is -2.30. The predicted octanol–water partition coefficient (Wildman–Crippen LogP) is 5.54. The molecule has 0 bridgehead atoms. The molecule has 33 heavy (non-hydrogen) atoms. The van der Waals surface area contributed by atoms with Crippen molar-refractivity contribution in [2.75, 3.05) is 0 Å². The molecular formula is C26H23BIN3O2. The van der Waals surface area contributed by atoms with Gasteiger partial charge < -0.3 is 9.31 Å².